The van der Waals surface area contributed by atoms with Crippen molar-refractivity contribution in [1.29, 1.82) is 0 Å². The van der Waals surface area contributed by atoms with Crippen LogP contribution in [0, 0.1) is 0 Å². The van der Waals surface area contributed by atoms with E-state index in [-0.39, 0.29) is 24.7 Å². The van der Waals surface area contributed by atoms with E-state index in [9.17, 15) is 9.59 Å². The predicted molar refractivity (Wildman–Crippen MR) is 79.5 cm³/mol. The number of methoxy groups -OCH3 is 1. The lowest BCUT2D eigenvalue weighted by Crippen LogP contribution is -2.26. The van der Waals surface area contributed by atoms with Gasteiger partial charge in [-0.1, -0.05) is 18.2 Å². The highest BCUT2D eigenvalue weighted by Crippen LogP contribution is 2.14. The van der Waals surface area contributed by atoms with Gasteiger partial charge in [-0.15, -0.1) is 0 Å². The second-order valence-corrected chi connectivity index (χ2v) is 4.86. The molecule has 0 radical (unpaired) electrons. The molecule has 0 N–H and O–H groups in total. The lowest BCUT2D eigenvalue weighted by Gasteiger charge is -2.17. The first kappa shape index (κ1) is 15.0. The highest BCUT2D eigenvalue weighted by molar-refractivity contribution is 5.81. The van der Waals surface area contributed by atoms with Gasteiger partial charge in [0.25, 0.3) is 0 Å². The Hall–Kier alpha value is -2.43. The highest BCUT2D eigenvalue weighted by atomic mass is 16.5. The predicted octanol–water partition coefficient (Wildman–Crippen LogP) is 2.15. The zero-order valence-electron chi connectivity index (χ0n) is 12.2. The second-order valence-electron chi connectivity index (χ2n) is 4.86. The van der Waals surface area contributed by atoms with Crippen LogP contribution in [-0.4, -0.2) is 35.9 Å². The number of rotatable bonds is 5. The molecule has 0 aliphatic heterocycles. The number of esters is 1. The smallest absolute Gasteiger partial charge is 0.306 e. The van der Waals surface area contributed by atoms with E-state index in [4.69, 9.17) is 0 Å². The zero-order chi connectivity index (χ0) is 15.2. The Morgan fingerprint density at radius 1 is 1.24 bits per heavy atom. The van der Waals surface area contributed by atoms with Crippen molar-refractivity contribution in [3.8, 4) is 0 Å². The van der Waals surface area contributed by atoms with Crippen molar-refractivity contribution in [1.82, 2.24) is 9.88 Å². The van der Waals surface area contributed by atoms with E-state index >= 15 is 0 Å². The molecular weight excluding hydrogens is 268 g/mol. The van der Waals surface area contributed by atoms with Crippen molar-refractivity contribution in [3.63, 3.8) is 0 Å². The van der Waals surface area contributed by atoms with Gasteiger partial charge >= 0.3 is 5.97 Å². The van der Waals surface area contributed by atoms with Gasteiger partial charge in [-0.3, -0.25) is 14.6 Å². The second kappa shape index (κ2) is 6.83. The van der Waals surface area contributed by atoms with E-state index < -0.39 is 0 Å². The molecule has 0 saturated carbocycles. The number of pyridine rings is 1. The summed E-state index contributed by atoms with van der Waals surface area (Å²) in [5.41, 5.74) is 1.89. The number of fused-ring (bicyclic) bond motifs is 1. The molecule has 1 amide bonds. The third kappa shape index (κ3) is 4.02. The van der Waals surface area contributed by atoms with Crippen LogP contribution in [0.1, 0.15) is 18.4 Å². The number of aromatic nitrogens is 1. The van der Waals surface area contributed by atoms with Crippen molar-refractivity contribution >= 4 is 22.8 Å². The Morgan fingerprint density at radius 2 is 2.00 bits per heavy atom. The Morgan fingerprint density at radius 3 is 2.76 bits per heavy atom. The first-order valence-electron chi connectivity index (χ1n) is 6.74. The molecule has 0 aliphatic rings. The average Bonchev–Trinajstić information content (AvgIpc) is 2.51. The standard InChI is InChI=1S/C16H18N2O3/c1-18(15(19)7-8-16(20)21-2)11-12-9-13-5-3-4-6-14(13)17-10-12/h3-6,9-10H,7-8,11H2,1-2H3. The molecule has 2 aromatic rings. The minimum Gasteiger partial charge on any atom is -0.469 e. The van der Waals surface area contributed by atoms with Crippen LogP contribution in [0.5, 0.6) is 0 Å². The summed E-state index contributed by atoms with van der Waals surface area (Å²) in [6, 6.07) is 9.86. The van der Waals surface area contributed by atoms with Crippen LogP contribution in [0.3, 0.4) is 0 Å². The van der Waals surface area contributed by atoms with Crippen LogP contribution in [-0.2, 0) is 20.9 Å². The third-order valence-corrected chi connectivity index (χ3v) is 3.26. The maximum absolute atomic E-state index is 11.9. The molecule has 0 saturated heterocycles. The number of ether oxygens (including phenoxy) is 1. The number of carbonyl (C=O) groups is 2. The maximum atomic E-state index is 11.9. The SMILES string of the molecule is COC(=O)CCC(=O)N(C)Cc1cnc2ccccc2c1. The van der Waals surface area contributed by atoms with Gasteiger partial charge in [-0.25, -0.2) is 0 Å². The number of amides is 1. The van der Waals surface area contributed by atoms with E-state index in [1.54, 1.807) is 18.1 Å². The van der Waals surface area contributed by atoms with Gasteiger partial charge in [0, 0.05) is 31.6 Å². The van der Waals surface area contributed by atoms with Crippen molar-refractivity contribution in [3.05, 3.63) is 42.1 Å². The molecule has 0 atom stereocenters. The number of benzene rings is 1. The van der Waals surface area contributed by atoms with Crippen LogP contribution in [0.4, 0.5) is 0 Å². The van der Waals surface area contributed by atoms with Crippen molar-refractivity contribution < 1.29 is 14.3 Å². The fourth-order valence-corrected chi connectivity index (χ4v) is 2.07. The Kier molecular flexibility index (Phi) is 4.87. The fourth-order valence-electron chi connectivity index (χ4n) is 2.07. The van der Waals surface area contributed by atoms with Crippen molar-refractivity contribution in [2.24, 2.45) is 0 Å². The first-order chi connectivity index (χ1) is 10.1. The molecule has 1 aromatic carbocycles. The molecule has 0 spiro atoms. The summed E-state index contributed by atoms with van der Waals surface area (Å²) in [6.45, 7) is 0.470. The van der Waals surface area contributed by atoms with Gasteiger partial charge < -0.3 is 9.64 Å². The Balaban J connectivity index is 1.98. The summed E-state index contributed by atoms with van der Waals surface area (Å²) in [5, 5.41) is 1.05. The van der Waals surface area contributed by atoms with Gasteiger partial charge in [-0.05, 0) is 17.7 Å². The molecule has 0 fully saturated rings. The van der Waals surface area contributed by atoms with Crippen LogP contribution in [0.15, 0.2) is 36.5 Å². The van der Waals surface area contributed by atoms with E-state index in [2.05, 4.69) is 9.72 Å². The van der Waals surface area contributed by atoms with E-state index in [0.717, 1.165) is 16.5 Å². The lowest BCUT2D eigenvalue weighted by molar-refractivity contribution is -0.143. The third-order valence-electron chi connectivity index (χ3n) is 3.26. The number of hydrogen-bond acceptors (Lipinski definition) is 4. The van der Waals surface area contributed by atoms with E-state index in [0.29, 0.717) is 6.54 Å². The number of para-hydroxylation sites is 1. The summed E-state index contributed by atoms with van der Waals surface area (Å²) in [4.78, 5) is 28.9. The van der Waals surface area contributed by atoms with Crippen LogP contribution < -0.4 is 0 Å². The molecule has 0 aliphatic carbocycles. The van der Waals surface area contributed by atoms with E-state index in [1.165, 1.54) is 7.11 Å². The topological polar surface area (TPSA) is 59.5 Å². The van der Waals surface area contributed by atoms with Gasteiger partial charge in [0.15, 0.2) is 0 Å². The molecule has 2 rings (SSSR count). The number of nitrogens with zero attached hydrogens (tertiary/aromatic N) is 2. The molecule has 1 aromatic heterocycles. The summed E-state index contributed by atoms with van der Waals surface area (Å²) in [7, 11) is 3.03. The summed E-state index contributed by atoms with van der Waals surface area (Å²) >= 11 is 0. The molecule has 0 unspecified atom stereocenters. The maximum Gasteiger partial charge on any atom is 0.306 e. The van der Waals surface area contributed by atoms with E-state index in [1.807, 2.05) is 30.3 Å². The van der Waals surface area contributed by atoms with Gasteiger partial charge in [0.2, 0.25) is 5.91 Å². The Labute approximate surface area is 123 Å². The van der Waals surface area contributed by atoms with Gasteiger partial charge in [0.05, 0.1) is 19.0 Å². The summed E-state index contributed by atoms with van der Waals surface area (Å²) in [5.74, 6) is -0.460. The lowest BCUT2D eigenvalue weighted by atomic mass is 10.1. The van der Waals surface area contributed by atoms with Gasteiger partial charge in [0.1, 0.15) is 0 Å². The Bertz CT molecular complexity index is 655. The van der Waals surface area contributed by atoms with Crippen LogP contribution in [0.25, 0.3) is 10.9 Å². The normalized spacial score (nSPS) is 10.4. The zero-order valence-corrected chi connectivity index (χ0v) is 12.2. The summed E-state index contributed by atoms with van der Waals surface area (Å²) in [6.07, 6.45) is 2.03. The minimum absolute atomic E-state index is 0.0893. The molecule has 1 heterocycles. The van der Waals surface area contributed by atoms with Crippen LogP contribution >= 0.6 is 0 Å². The molecule has 0 bridgehead atoms. The van der Waals surface area contributed by atoms with Gasteiger partial charge in [-0.2, -0.15) is 0 Å². The highest BCUT2D eigenvalue weighted by Gasteiger charge is 2.12. The number of hydrogen-bond donors (Lipinski definition) is 0. The number of carbonyl (C=O) groups excluding carboxylic acids is 2. The summed E-state index contributed by atoms with van der Waals surface area (Å²) < 4.78 is 4.53. The molecule has 5 heteroatoms. The monoisotopic (exact) mass is 286 g/mol. The molecule has 5 nitrogen and oxygen atoms in total. The average molecular weight is 286 g/mol. The van der Waals surface area contributed by atoms with Crippen LogP contribution in [0.2, 0.25) is 0 Å². The minimum atomic E-state index is -0.371. The fraction of sp³-hybridized carbons (Fsp3) is 0.312. The molecule has 21 heavy (non-hydrogen) atoms. The quantitative estimate of drug-likeness (QED) is 0.790. The molecular formula is C16H18N2O3. The molecule has 110 valence electrons. The first-order valence-corrected chi connectivity index (χ1v) is 6.74. The largest absolute Gasteiger partial charge is 0.469 e. The van der Waals surface area contributed by atoms with Crippen molar-refractivity contribution in [2.75, 3.05) is 14.2 Å². The van der Waals surface area contributed by atoms with Crippen molar-refractivity contribution in [2.45, 2.75) is 19.4 Å².